The maximum atomic E-state index is 11.9. The van der Waals surface area contributed by atoms with Crippen LogP contribution in [0.3, 0.4) is 0 Å². The summed E-state index contributed by atoms with van der Waals surface area (Å²) in [4.78, 5) is 14.2. The Labute approximate surface area is 149 Å². The summed E-state index contributed by atoms with van der Waals surface area (Å²) in [7, 11) is 0. The monoisotopic (exact) mass is 339 g/mol. The van der Waals surface area contributed by atoms with E-state index in [2.05, 4.69) is 49.9 Å². The zero-order valence-electron chi connectivity index (χ0n) is 15.1. The molecule has 0 spiro atoms. The van der Waals surface area contributed by atoms with Crippen molar-refractivity contribution in [3.63, 3.8) is 0 Å². The summed E-state index contributed by atoms with van der Waals surface area (Å²) in [6, 6.07) is 17.4. The van der Waals surface area contributed by atoms with E-state index in [1.807, 2.05) is 18.2 Å². The number of benzene rings is 2. The summed E-state index contributed by atoms with van der Waals surface area (Å²) in [5.74, 6) is 1.01. The van der Waals surface area contributed by atoms with Gasteiger partial charge in [-0.05, 0) is 49.9 Å². The average molecular weight is 339 g/mol. The van der Waals surface area contributed by atoms with Crippen molar-refractivity contribution in [3.8, 4) is 5.75 Å². The normalized spacial score (nSPS) is 18.4. The summed E-state index contributed by atoms with van der Waals surface area (Å²) in [6.45, 7) is 7.67. The van der Waals surface area contributed by atoms with Crippen LogP contribution in [0.4, 0.5) is 10.5 Å². The summed E-state index contributed by atoms with van der Waals surface area (Å²) in [5, 5.41) is 0. The van der Waals surface area contributed by atoms with E-state index in [0.717, 1.165) is 6.42 Å². The predicted octanol–water partition coefficient (Wildman–Crippen LogP) is 4.99. The van der Waals surface area contributed by atoms with Crippen molar-refractivity contribution in [1.82, 2.24) is 0 Å². The molecule has 1 heterocycles. The van der Waals surface area contributed by atoms with Crippen molar-refractivity contribution < 1.29 is 14.3 Å². The molecule has 0 aromatic heterocycles. The van der Waals surface area contributed by atoms with Gasteiger partial charge in [0.2, 0.25) is 0 Å². The quantitative estimate of drug-likeness (QED) is 0.581. The number of nitrogens with zero attached hydrogens (tertiary/aromatic N) is 1. The van der Waals surface area contributed by atoms with Gasteiger partial charge in [-0.15, -0.1) is 0 Å². The molecule has 0 fully saturated rings. The molecule has 1 aliphatic rings. The summed E-state index contributed by atoms with van der Waals surface area (Å²) >= 11 is 0. The van der Waals surface area contributed by atoms with Gasteiger partial charge in [0.25, 0.3) is 0 Å². The number of para-hydroxylation sites is 2. The molecule has 1 atom stereocenters. The lowest BCUT2D eigenvalue weighted by atomic mass is 9.80. The molecule has 4 heteroatoms. The summed E-state index contributed by atoms with van der Waals surface area (Å²) in [6.07, 6.45) is 0.404. The highest BCUT2D eigenvalue weighted by Gasteiger charge is 2.35. The Morgan fingerprint density at radius 1 is 1.12 bits per heavy atom. The molecule has 3 rings (SSSR count). The van der Waals surface area contributed by atoms with E-state index in [9.17, 15) is 4.79 Å². The van der Waals surface area contributed by atoms with Crippen LogP contribution in [0.25, 0.3) is 0 Å². The number of hydrogen-bond acceptors (Lipinski definition) is 4. The number of carbonyl (C=O) groups excluding carboxylic acids is 1. The van der Waals surface area contributed by atoms with Crippen molar-refractivity contribution >= 4 is 11.8 Å². The lowest BCUT2D eigenvalue weighted by molar-refractivity contribution is 0.0997. The van der Waals surface area contributed by atoms with E-state index in [1.54, 1.807) is 12.1 Å². The van der Waals surface area contributed by atoms with Crippen LogP contribution >= 0.6 is 0 Å². The molecule has 1 aliphatic heterocycles. The third-order valence-corrected chi connectivity index (χ3v) is 4.77. The van der Waals surface area contributed by atoms with Crippen LogP contribution in [0.15, 0.2) is 54.6 Å². The zero-order valence-corrected chi connectivity index (χ0v) is 15.1. The van der Waals surface area contributed by atoms with Gasteiger partial charge in [-0.1, -0.05) is 43.3 Å². The second-order valence-corrected chi connectivity index (χ2v) is 7.14. The van der Waals surface area contributed by atoms with Crippen molar-refractivity contribution in [2.75, 3.05) is 18.1 Å². The highest BCUT2D eigenvalue weighted by molar-refractivity contribution is 5.64. The Hall–Kier alpha value is -2.49. The molecule has 132 valence electrons. The number of rotatable bonds is 4. The van der Waals surface area contributed by atoms with Gasteiger partial charge in [0.15, 0.2) is 0 Å². The number of ether oxygens (including phenoxy) is 2. The SMILES string of the molecule is CC1CC(C)(C)N(CCOC(=O)Oc2ccccc2)c2ccccc21. The van der Waals surface area contributed by atoms with Crippen LogP contribution in [-0.4, -0.2) is 24.8 Å². The average Bonchev–Trinajstić information content (AvgIpc) is 2.58. The Kier molecular flexibility index (Phi) is 4.98. The maximum absolute atomic E-state index is 11.9. The third-order valence-electron chi connectivity index (χ3n) is 4.77. The second kappa shape index (κ2) is 7.18. The van der Waals surface area contributed by atoms with Gasteiger partial charge in [-0.2, -0.15) is 0 Å². The Bertz CT molecular complexity index is 727. The van der Waals surface area contributed by atoms with Gasteiger partial charge in [0.1, 0.15) is 12.4 Å². The lowest BCUT2D eigenvalue weighted by Gasteiger charge is -2.47. The van der Waals surface area contributed by atoms with Crippen LogP contribution in [0.5, 0.6) is 5.75 Å². The van der Waals surface area contributed by atoms with Crippen molar-refractivity contribution in [2.24, 2.45) is 0 Å². The van der Waals surface area contributed by atoms with Gasteiger partial charge >= 0.3 is 6.16 Å². The second-order valence-electron chi connectivity index (χ2n) is 7.14. The first-order valence-corrected chi connectivity index (χ1v) is 8.73. The van der Waals surface area contributed by atoms with Gasteiger partial charge in [-0.25, -0.2) is 4.79 Å². The molecular weight excluding hydrogens is 314 g/mol. The molecule has 0 bridgehead atoms. The Morgan fingerprint density at radius 3 is 2.56 bits per heavy atom. The Morgan fingerprint density at radius 2 is 1.80 bits per heavy atom. The number of carbonyl (C=O) groups is 1. The van der Waals surface area contributed by atoms with E-state index in [4.69, 9.17) is 9.47 Å². The fourth-order valence-corrected chi connectivity index (χ4v) is 3.70. The summed E-state index contributed by atoms with van der Waals surface area (Å²) < 4.78 is 10.4. The lowest BCUT2D eigenvalue weighted by Crippen LogP contribution is -2.49. The molecule has 4 nitrogen and oxygen atoms in total. The third kappa shape index (κ3) is 3.95. The topological polar surface area (TPSA) is 38.8 Å². The molecule has 0 saturated carbocycles. The fraction of sp³-hybridized carbons (Fsp3) is 0.381. The highest BCUT2D eigenvalue weighted by atomic mass is 16.7. The first-order valence-electron chi connectivity index (χ1n) is 8.73. The number of anilines is 1. The van der Waals surface area contributed by atoms with E-state index in [1.165, 1.54) is 11.3 Å². The molecule has 0 amide bonds. The Balaban J connectivity index is 1.62. The van der Waals surface area contributed by atoms with Gasteiger partial charge in [0.05, 0.1) is 6.54 Å². The van der Waals surface area contributed by atoms with Crippen molar-refractivity contribution in [3.05, 3.63) is 60.2 Å². The molecule has 2 aromatic rings. The van der Waals surface area contributed by atoms with Gasteiger partial charge < -0.3 is 14.4 Å². The zero-order chi connectivity index (χ0) is 17.9. The van der Waals surface area contributed by atoms with Crippen LogP contribution in [-0.2, 0) is 4.74 Å². The number of fused-ring (bicyclic) bond motifs is 1. The standard InChI is InChI=1S/C21H25NO3/c1-16-15-21(2,3)22(19-12-8-7-11-18(16)19)13-14-24-20(23)25-17-9-5-4-6-10-17/h4-12,16H,13-15H2,1-3H3. The van der Waals surface area contributed by atoms with Crippen LogP contribution in [0.1, 0.15) is 38.7 Å². The number of hydrogen-bond donors (Lipinski definition) is 0. The molecule has 0 N–H and O–H groups in total. The largest absolute Gasteiger partial charge is 0.513 e. The van der Waals surface area contributed by atoms with E-state index < -0.39 is 6.16 Å². The van der Waals surface area contributed by atoms with Crippen molar-refractivity contribution in [2.45, 2.75) is 38.6 Å². The predicted molar refractivity (Wildman–Crippen MR) is 99.3 cm³/mol. The van der Waals surface area contributed by atoms with Gasteiger partial charge in [-0.3, -0.25) is 0 Å². The molecule has 2 aromatic carbocycles. The van der Waals surface area contributed by atoms with Crippen LogP contribution in [0.2, 0.25) is 0 Å². The molecule has 25 heavy (non-hydrogen) atoms. The first-order chi connectivity index (χ1) is 12.0. The molecule has 0 radical (unpaired) electrons. The minimum Gasteiger partial charge on any atom is -0.432 e. The van der Waals surface area contributed by atoms with Gasteiger partial charge in [0, 0.05) is 11.2 Å². The molecule has 0 saturated heterocycles. The first kappa shape index (κ1) is 17.3. The highest BCUT2D eigenvalue weighted by Crippen LogP contribution is 2.42. The summed E-state index contributed by atoms with van der Waals surface area (Å²) in [5.41, 5.74) is 2.60. The molecule has 1 unspecified atom stereocenters. The van der Waals surface area contributed by atoms with Crippen LogP contribution < -0.4 is 9.64 Å². The van der Waals surface area contributed by atoms with Crippen molar-refractivity contribution in [1.29, 1.82) is 0 Å². The van der Waals surface area contributed by atoms with E-state index >= 15 is 0 Å². The minimum absolute atomic E-state index is 0.0144. The molecular formula is C21H25NO3. The van der Waals surface area contributed by atoms with Crippen LogP contribution in [0, 0.1) is 0 Å². The van der Waals surface area contributed by atoms with E-state index in [0.29, 0.717) is 18.2 Å². The maximum Gasteiger partial charge on any atom is 0.513 e. The minimum atomic E-state index is -0.664. The van der Waals surface area contributed by atoms with E-state index in [-0.39, 0.29) is 12.1 Å². The smallest absolute Gasteiger partial charge is 0.432 e. The fourth-order valence-electron chi connectivity index (χ4n) is 3.70. The molecule has 0 aliphatic carbocycles.